The van der Waals surface area contributed by atoms with Crippen molar-refractivity contribution in [3.8, 4) is 34.1 Å². The van der Waals surface area contributed by atoms with E-state index in [1.165, 1.54) is 26.4 Å². The normalized spacial score (nSPS) is 11.1. The van der Waals surface area contributed by atoms with Gasteiger partial charge in [-0.05, 0) is 35.4 Å². The minimum atomic E-state index is -4.86. The molecule has 2 rings (SSSR count). The van der Waals surface area contributed by atoms with E-state index in [4.69, 9.17) is 9.47 Å². The Balaban J connectivity index is 2.39. The summed E-state index contributed by atoms with van der Waals surface area (Å²) in [5.41, 5.74) is 1.11. The molecule has 0 heterocycles. The highest BCUT2D eigenvalue weighted by Crippen LogP contribution is 2.37. The molecule has 0 radical (unpaired) electrons. The molecule has 0 spiro atoms. The van der Waals surface area contributed by atoms with E-state index in [9.17, 15) is 18.3 Å². The van der Waals surface area contributed by atoms with Crippen molar-refractivity contribution in [1.29, 1.82) is 0 Å². The van der Waals surface area contributed by atoms with Gasteiger partial charge in [-0.2, -0.15) is 0 Å². The maximum Gasteiger partial charge on any atom is 0.573 e. The van der Waals surface area contributed by atoms with Gasteiger partial charge in [-0.25, -0.2) is 0 Å². The molecule has 22 heavy (non-hydrogen) atoms. The Labute approximate surface area is 124 Å². The molecule has 0 unspecified atom stereocenters. The average Bonchev–Trinajstić information content (AvgIpc) is 2.47. The molecule has 4 nitrogen and oxygen atoms in total. The summed E-state index contributed by atoms with van der Waals surface area (Å²) < 4.78 is 50.5. The molecule has 118 valence electrons. The van der Waals surface area contributed by atoms with E-state index in [1.54, 1.807) is 18.2 Å². The zero-order valence-corrected chi connectivity index (χ0v) is 11.8. The molecule has 0 saturated carbocycles. The highest BCUT2D eigenvalue weighted by Gasteiger charge is 2.32. The number of benzene rings is 2. The van der Waals surface area contributed by atoms with Gasteiger partial charge in [0, 0.05) is 6.07 Å². The van der Waals surface area contributed by atoms with Crippen LogP contribution in [0.2, 0.25) is 0 Å². The maximum absolute atomic E-state index is 12.2. The summed E-state index contributed by atoms with van der Waals surface area (Å²) in [6.45, 7) is 0. The van der Waals surface area contributed by atoms with Gasteiger partial charge in [-0.15, -0.1) is 13.2 Å². The van der Waals surface area contributed by atoms with Gasteiger partial charge in [0.15, 0.2) is 11.5 Å². The summed E-state index contributed by atoms with van der Waals surface area (Å²) in [5.74, 6) is -0.239. The smallest absolute Gasteiger partial charge is 0.504 e. The van der Waals surface area contributed by atoms with Crippen LogP contribution in [0.15, 0.2) is 36.4 Å². The number of alkyl halides is 3. The first kappa shape index (κ1) is 15.8. The standard InChI is InChI=1S/C15H13F3O4/c1-20-11-5-10(6-12(8-11)21-2)9-3-4-14(13(19)7-9)22-15(16,17)18/h3-8,19H,1-2H3. The minimum absolute atomic E-state index is 0.490. The third-order valence-electron chi connectivity index (χ3n) is 2.87. The molecule has 1 N–H and O–H groups in total. The van der Waals surface area contributed by atoms with E-state index in [0.29, 0.717) is 22.6 Å². The van der Waals surface area contributed by atoms with Gasteiger partial charge >= 0.3 is 6.36 Å². The largest absolute Gasteiger partial charge is 0.573 e. The van der Waals surface area contributed by atoms with Gasteiger partial charge < -0.3 is 19.3 Å². The topological polar surface area (TPSA) is 47.9 Å². The number of phenolic OH excluding ortho intramolecular Hbond substituents is 1. The Kier molecular flexibility index (Phi) is 4.35. The fourth-order valence-electron chi connectivity index (χ4n) is 1.88. The fourth-order valence-corrected chi connectivity index (χ4v) is 1.88. The van der Waals surface area contributed by atoms with Gasteiger partial charge in [0.25, 0.3) is 0 Å². The second kappa shape index (κ2) is 6.05. The Morgan fingerprint density at radius 1 is 0.864 bits per heavy atom. The van der Waals surface area contributed by atoms with E-state index in [1.807, 2.05) is 0 Å². The number of hydrogen-bond acceptors (Lipinski definition) is 4. The highest BCUT2D eigenvalue weighted by atomic mass is 19.4. The number of rotatable bonds is 4. The molecule has 0 atom stereocenters. The molecule has 0 fully saturated rings. The molecule has 0 aliphatic heterocycles. The maximum atomic E-state index is 12.2. The van der Waals surface area contributed by atoms with Crippen LogP contribution >= 0.6 is 0 Å². The summed E-state index contributed by atoms with van der Waals surface area (Å²) in [7, 11) is 2.96. The first-order chi connectivity index (χ1) is 10.3. The highest BCUT2D eigenvalue weighted by molar-refractivity contribution is 5.70. The Morgan fingerprint density at radius 2 is 1.45 bits per heavy atom. The quantitative estimate of drug-likeness (QED) is 0.927. The number of hydrogen-bond donors (Lipinski definition) is 1. The molecular formula is C15H13F3O4. The molecule has 0 aliphatic carbocycles. The summed E-state index contributed by atoms with van der Waals surface area (Å²) in [6, 6.07) is 8.61. The molecule has 0 aliphatic rings. The van der Waals surface area contributed by atoms with Crippen molar-refractivity contribution in [2.45, 2.75) is 6.36 Å². The molecule has 0 aromatic heterocycles. The molecule has 7 heteroatoms. The van der Waals surface area contributed by atoms with Crippen LogP contribution in [0.5, 0.6) is 23.0 Å². The van der Waals surface area contributed by atoms with E-state index < -0.39 is 17.9 Å². The molecule has 2 aromatic carbocycles. The SMILES string of the molecule is COc1cc(OC)cc(-c2ccc(OC(F)(F)F)c(O)c2)c1. The average molecular weight is 314 g/mol. The fraction of sp³-hybridized carbons (Fsp3) is 0.200. The second-order valence-electron chi connectivity index (χ2n) is 4.33. The van der Waals surface area contributed by atoms with Gasteiger partial charge in [-0.3, -0.25) is 0 Å². The van der Waals surface area contributed by atoms with Crippen molar-refractivity contribution in [3.63, 3.8) is 0 Å². The zero-order chi connectivity index (χ0) is 16.3. The van der Waals surface area contributed by atoms with Crippen LogP contribution in [0.4, 0.5) is 13.2 Å². The number of ether oxygens (including phenoxy) is 3. The second-order valence-corrected chi connectivity index (χ2v) is 4.33. The predicted molar refractivity (Wildman–Crippen MR) is 73.3 cm³/mol. The van der Waals surface area contributed by atoms with Crippen molar-refractivity contribution in [2.75, 3.05) is 14.2 Å². The lowest BCUT2D eigenvalue weighted by atomic mass is 10.0. The third-order valence-corrected chi connectivity index (χ3v) is 2.87. The Morgan fingerprint density at radius 3 is 1.91 bits per heavy atom. The van der Waals surface area contributed by atoms with E-state index in [-0.39, 0.29) is 0 Å². The van der Waals surface area contributed by atoms with Crippen LogP contribution in [0.1, 0.15) is 0 Å². The van der Waals surface area contributed by atoms with Gasteiger partial charge in [0.1, 0.15) is 11.5 Å². The van der Waals surface area contributed by atoms with Crippen molar-refractivity contribution >= 4 is 0 Å². The first-order valence-corrected chi connectivity index (χ1v) is 6.14. The first-order valence-electron chi connectivity index (χ1n) is 6.14. The van der Waals surface area contributed by atoms with Crippen molar-refractivity contribution in [1.82, 2.24) is 0 Å². The molecule has 0 amide bonds. The van der Waals surface area contributed by atoms with Crippen LogP contribution < -0.4 is 14.2 Å². The van der Waals surface area contributed by atoms with E-state index >= 15 is 0 Å². The summed E-state index contributed by atoms with van der Waals surface area (Å²) >= 11 is 0. The van der Waals surface area contributed by atoms with Crippen LogP contribution in [-0.2, 0) is 0 Å². The van der Waals surface area contributed by atoms with Crippen LogP contribution in [-0.4, -0.2) is 25.7 Å². The summed E-state index contributed by atoms with van der Waals surface area (Å²) in [6.07, 6.45) is -4.86. The number of methoxy groups -OCH3 is 2. The number of halogens is 3. The Hall–Kier alpha value is -2.57. The summed E-state index contributed by atoms with van der Waals surface area (Å²) in [5, 5.41) is 9.68. The third kappa shape index (κ3) is 3.75. The molecule has 0 saturated heterocycles. The number of aromatic hydroxyl groups is 1. The van der Waals surface area contributed by atoms with Crippen molar-refractivity contribution in [2.24, 2.45) is 0 Å². The minimum Gasteiger partial charge on any atom is -0.504 e. The predicted octanol–water partition coefficient (Wildman–Crippen LogP) is 3.98. The van der Waals surface area contributed by atoms with Crippen molar-refractivity contribution < 1.29 is 32.5 Å². The van der Waals surface area contributed by atoms with Gasteiger partial charge in [-0.1, -0.05) is 6.07 Å². The lowest BCUT2D eigenvalue weighted by Crippen LogP contribution is -2.17. The lowest BCUT2D eigenvalue weighted by molar-refractivity contribution is -0.275. The van der Waals surface area contributed by atoms with Crippen LogP contribution in [0.3, 0.4) is 0 Å². The van der Waals surface area contributed by atoms with E-state index in [0.717, 1.165) is 6.07 Å². The van der Waals surface area contributed by atoms with E-state index in [2.05, 4.69) is 4.74 Å². The van der Waals surface area contributed by atoms with Gasteiger partial charge in [0.2, 0.25) is 0 Å². The molecule has 0 bridgehead atoms. The molecular weight excluding hydrogens is 301 g/mol. The summed E-state index contributed by atoms with van der Waals surface area (Å²) in [4.78, 5) is 0. The van der Waals surface area contributed by atoms with Crippen LogP contribution in [0, 0.1) is 0 Å². The monoisotopic (exact) mass is 314 g/mol. The van der Waals surface area contributed by atoms with Crippen molar-refractivity contribution in [3.05, 3.63) is 36.4 Å². The molecule has 2 aromatic rings. The van der Waals surface area contributed by atoms with Gasteiger partial charge in [0.05, 0.1) is 14.2 Å². The van der Waals surface area contributed by atoms with Crippen LogP contribution in [0.25, 0.3) is 11.1 Å². The Bertz CT molecular complexity index is 646. The lowest BCUT2D eigenvalue weighted by Gasteiger charge is -2.12. The number of phenols is 1. The zero-order valence-electron chi connectivity index (χ0n) is 11.8.